The summed E-state index contributed by atoms with van der Waals surface area (Å²) in [5, 5.41) is 2.95. The van der Waals surface area contributed by atoms with Gasteiger partial charge in [0.2, 0.25) is 0 Å². The van der Waals surface area contributed by atoms with Gasteiger partial charge in [-0.15, -0.1) is 0 Å². The number of rotatable bonds is 7. The molecule has 4 heteroatoms. The largest absolute Gasteiger partial charge is 0.484 e. The second kappa shape index (κ2) is 9.56. The number of amides is 1. The van der Waals surface area contributed by atoms with Crippen molar-refractivity contribution in [1.82, 2.24) is 10.2 Å². The second-order valence-electron chi connectivity index (χ2n) is 7.49. The van der Waals surface area contributed by atoms with Gasteiger partial charge in [0, 0.05) is 13.1 Å². The van der Waals surface area contributed by atoms with Gasteiger partial charge >= 0.3 is 0 Å². The van der Waals surface area contributed by atoms with Gasteiger partial charge in [0.1, 0.15) is 5.75 Å². The zero-order valence-electron chi connectivity index (χ0n) is 16.5. The van der Waals surface area contributed by atoms with Crippen LogP contribution in [0.4, 0.5) is 0 Å². The fraction of sp³-hybridized carbons (Fsp3) is 0.435. The summed E-state index contributed by atoms with van der Waals surface area (Å²) in [5.41, 5.74) is 4.68. The van der Waals surface area contributed by atoms with Crippen LogP contribution in [0.2, 0.25) is 0 Å². The van der Waals surface area contributed by atoms with Crippen LogP contribution in [0.3, 0.4) is 0 Å². The number of benzene rings is 2. The van der Waals surface area contributed by atoms with Crippen molar-refractivity contribution in [1.29, 1.82) is 0 Å². The molecule has 1 heterocycles. The first-order chi connectivity index (χ1) is 13.1. The summed E-state index contributed by atoms with van der Waals surface area (Å²) in [6.07, 6.45) is 3.96. The van der Waals surface area contributed by atoms with Gasteiger partial charge in [-0.3, -0.25) is 9.69 Å². The molecule has 1 saturated heterocycles. The van der Waals surface area contributed by atoms with E-state index in [0.717, 1.165) is 23.4 Å². The van der Waals surface area contributed by atoms with E-state index in [4.69, 9.17) is 4.74 Å². The van der Waals surface area contributed by atoms with Gasteiger partial charge in [-0.05, 0) is 62.5 Å². The van der Waals surface area contributed by atoms with E-state index in [2.05, 4.69) is 40.5 Å². The highest BCUT2D eigenvalue weighted by Gasteiger charge is 2.11. The summed E-state index contributed by atoms with van der Waals surface area (Å²) in [5.74, 6) is 0.663. The van der Waals surface area contributed by atoms with Crippen molar-refractivity contribution >= 4 is 5.91 Å². The monoisotopic (exact) mass is 366 g/mol. The van der Waals surface area contributed by atoms with Gasteiger partial charge in [0.05, 0.1) is 0 Å². The Morgan fingerprint density at radius 3 is 2.59 bits per heavy atom. The molecule has 0 aliphatic carbocycles. The average molecular weight is 367 g/mol. The molecular weight excluding hydrogens is 336 g/mol. The summed E-state index contributed by atoms with van der Waals surface area (Å²) in [6, 6.07) is 14.5. The molecular formula is C23H30N2O2. The summed E-state index contributed by atoms with van der Waals surface area (Å²) in [6.45, 7) is 7.99. The average Bonchev–Trinajstić information content (AvgIpc) is 2.67. The maximum atomic E-state index is 12.1. The number of carbonyl (C=O) groups is 1. The molecule has 1 fully saturated rings. The van der Waals surface area contributed by atoms with Crippen LogP contribution in [0.5, 0.6) is 5.75 Å². The summed E-state index contributed by atoms with van der Waals surface area (Å²) in [7, 11) is 0. The lowest BCUT2D eigenvalue weighted by molar-refractivity contribution is -0.123. The Hall–Kier alpha value is -2.33. The highest BCUT2D eigenvalue weighted by molar-refractivity contribution is 5.77. The summed E-state index contributed by atoms with van der Waals surface area (Å²) in [4.78, 5) is 14.6. The van der Waals surface area contributed by atoms with Crippen LogP contribution in [-0.2, 0) is 17.9 Å². The third-order valence-corrected chi connectivity index (χ3v) is 5.03. The Bertz CT molecular complexity index is 767. The Morgan fingerprint density at radius 2 is 1.81 bits per heavy atom. The van der Waals surface area contributed by atoms with Crippen LogP contribution < -0.4 is 10.1 Å². The minimum Gasteiger partial charge on any atom is -0.484 e. The molecule has 27 heavy (non-hydrogen) atoms. The smallest absolute Gasteiger partial charge is 0.258 e. The van der Waals surface area contributed by atoms with E-state index in [9.17, 15) is 4.79 Å². The van der Waals surface area contributed by atoms with Crippen molar-refractivity contribution in [3.63, 3.8) is 0 Å². The second-order valence-corrected chi connectivity index (χ2v) is 7.49. The molecule has 0 unspecified atom stereocenters. The molecule has 144 valence electrons. The van der Waals surface area contributed by atoms with Crippen LogP contribution in [0, 0.1) is 13.8 Å². The first-order valence-corrected chi connectivity index (χ1v) is 9.87. The number of hydrogen-bond donors (Lipinski definition) is 1. The Morgan fingerprint density at radius 1 is 1.04 bits per heavy atom. The molecule has 1 aliphatic rings. The van der Waals surface area contributed by atoms with Gasteiger partial charge < -0.3 is 10.1 Å². The third kappa shape index (κ3) is 6.10. The molecule has 0 saturated carbocycles. The van der Waals surface area contributed by atoms with Crippen LogP contribution in [-0.4, -0.2) is 30.5 Å². The Kier molecular flexibility index (Phi) is 6.88. The molecule has 1 N–H and O–H groups in total. The zero-order valence-corrected chi connectivity index (χ0v) is 16.5. The lowest BCUT2D eigenvalue weighted by Crippen LogP contribution is -2.29. The number of nitrogens with zero attached hydrogens (tertiary/aromatic N) is 1. The lowest BCUT2D eigenvalue weighted by Gasteiger charge is -2.26. The topological polar surface area (TPSA) is 41.6 Å². The molecule has 0 atom stereocenters. The zero-order chi connectivity index (χ0) is 19.1. The molecule has 1 amide bonds. The van der Waals surface area contributed by atoms with E-state index in [1.807, 2.05) is 26.0 Å². The highest BCUT2D eigenvalue weighted by Crippen LogP contribution is 2.18. The van der Waals surface area contributed by atoms with Crippen LogP contribution in [0.25, 0.3) is 0 Å². The molecule has 0 bridgehead atoms. The molecule has 0 radical (unpaired) electrons. The van der Waals surface area contributed by atoms with Crippen LogP contribution in [0.15, 0.2) is 42.5 Å². The maximum Gasteiger partial charge on any atom is 0.258 e. The predicted octanol–water partition coefficient (Wildman–Crippen LogP) is 3.98. The van der Waals surface area contributed by atoms with Gasteiger partial charge in [-0.25, -0.2) is 0 Å². The van der Waals surface area contributed by atoms with Crippen LogP contribution >= 0.6 is 0 Å². The number of piperidine rings is 1. The standard InChI is InChI=1S/C23H30N2O2/c1-18-9-10-22(19(2)13-18)27-17-23(26)24-15-20-7-6-8-21(14-20)16-25-11-4-3-5-12-25/h6-10,13-14H,3-5,11-12,15-17H2,1-2H3,(H,24,26). The molecule has 3 rings (SSSR count). The lowest BCUT2D eigenvalue weighted by atomic mass is 10.1. The van der Waals surface area contributed by atoms with E-state index in [0.29, 0.717) is 6.54 Å². The van der Waals surface area contributed by atoms with Gasteiger partial charge in [-0.2, -0.15) is 0 Å². The van der Waals surface area contributed by atoms with E-state index >= 15 is 0 Å². The molecule has 0 spiro atoms. The van der Waals surface area contributed by atoms with E-state index in [1.165, 1.54) is 43.5 Å². The maximum absolute atomic E-state index is 12.1. The van der Waals surface area contributed by atoms with Crippen molar-refractivity contribution < 1.29 is 9.53 Å². The van der Waals surface area contributed by atoms with Crippen LogP contribution in [0.1, 0.15) is 41.5 Å². The van der Waals surface area contributed by atoms with E-state index < -0.39 is 0 Å². The van der Waals surface area contributed by atoms with Crippen molar-refractivity contribution in [3.05, 3.63) is 64.7 Å². The highest BCUT2D eigenvalue weighted by atomic mass is 16.5. The Labute approximate surface area is 162 Å². The number of nitrogens with one attached hydrogen (secondary N) is 1. The van der Waals surface area contributed by atoms with Gasteiger partial charge in [0.25, 0.3) is 5.91 Å². The fourth-order valence-electron chi connectivity index (χ4n) is 3.57. The molecule has 4 nitrogen and oxygen atoms in total. The number of hydrogen-bond acceptors (Lipinski definition) is 3. The molecule has 2 aromatic rings. The summed E-state index contributed by atoms with van der Waals surface area (Å²) < 4.78 is 5.65. The minimum atomic E-state index is -0.101. The first-order valence-electron chi connectivity index (χ1n) is 9.87. The van der Waals surface area contributed by atoms with E-state index in [-0.39, 0.29) is 12.5 Å². The van der Waals surface area contributed by atoms with Gasteiger partial charge in [0.15, 0.2) is 6.61 Å². The van der Waals surface area contributed by atoms with Crippen molar-refractivity contribution in [2.24, 2.45) is 0 Å². The quantitative estimate of drug-likeness (QED) is 0.806. The molecule has 2 aromatic carbocycles. The van der Waals surface area contributed by atoms with Gasteiger partial charge in [-0.1, -0.05) is 48.4 Å². The summed E-state index contributed by atoms with van der Waals surface area (Å²) >= 11 is 0. The first kappa shape index (κ1) is 19.4. The van der Waals surface area contributed by atoms with Crippen molar-refractivity contribution in [2.75, 3.05) is 19.7 Å². The molecule has 0 aromatic heterocycles. The third-order valence-electron chi connectivity index (χ3n) is 5.03. The number of likely N-dealkylation sites (tertiary alicyclic amines) is 1. The number of aryl methyl sites for hydroxylation is 2. The van der Waals surface area contributed by atoms with Crippen molar-refractivity contribution in [3.8, 4) is 5.75 Å². The number of carbonyl (C=O) groups excluding carboxylic acids is 1. The van der Waals surface area contributed by atoms with Crippen molar-refractivity contribution in [2.45, 2.75) is 46.2 Å². The molecule has 1 aliphatic heterocycles. The van der Waals surface area contributed by atoms with E-state index in [1.54, 1.807) is 0 Å². The fourth-order valence-corrected chi connectivity index (χ4v) is 3.57. The minimum absolute atomic E-state index is 0.0391. The SMILES string of the molecule is Cc1ccc(OCC(=O)NCc2cccc(CN3CCCCC3)c2)c(C)c1. The normalized spacial score (nSPS) is 14.7. The predicted molar refractivity (Wildman–Crippen MR) is 109 cm³/mol. The Balaban J connectivity index is 1.46. The number of ether oxygens (including phenoxy) is 1.